The van der Waals surface area contributed by atoms with Crippen molar-refractivity contribution >= 4 is 71.2 Å². The summed E-state index contributed by atoms with van der Waals surface area (Å²) in [5, 5.41) is 6.47. The summed E-state index contributed by atoms with van der Waals surface area (Å²) < 4.78 is 17.7. The molecule has 0 N–H and O–H groups in total. The van der Waals surface area contributed by atoms with Crippen LogP contribution in [0.2, 0.25) is 0 Å². The van der Waals surface area contributed by atoms with Crippen LogP contribution in [0.4, 0.5) is 0 Å². The number of allylic oxidation sites excluding steroid dienone is 2. The van der Waals surface area contributed by atoms with Gasteiger partial charge in [0.1, 0.15) is 11.7 Å². The molecule has 0 amide bonds. The summed E-state index contributed by atoms with van der Waals surface area (Å²) in [6.07, 6.45) is 21.5. The summed E-state index contributed by atoms with van der Waals surface area (Å²) in [4.78, 5) is 17.6. The van der Waals surface area contributed by atoms with Gasteiger partial charge in [-0.1, -0.05) is 6.07 Å². The second-order valence-electron chi connectivity index (χ2n) is 11.9. The van der Waals surface area contributed by atoms with Crippen molar-refractivity contribution in [2.24, 2.45) is 0 Å². The molecule has 1 aliphatic heterocycles. The third kappa shape index (κ3) is 3.07. The average molecular weight is 595 g/mol. The Kier molecular flexibility index (Phi) is 4.54. The lowest BCUT2D eigenvalue weighted by Crippen LogP contribution is -2.18. The Morgan fingerprint density at radius 1 is 0.587 bits per heavy atom. The van der Waals surface area contributed by atoms with E-state index in [0.717, 1.165) is 88.2 Å². The van der Waals surface area contributed by atoms with E-state index in [-0.39, 0.29) is 12.0 Å². The molecule has 9 aromatic rings. The summed E-state index contributed by atoms with van der Waals surface area (Å²) in [5.41, 5.74) is 9.20. The third-order valence-electron chi connectivity index (χ3n) is 9.64. The highest BCUT2D eigenvalue weighted by Crippen LogP contribution is 2.49. The quantitative estimate of drug-likeness (QED) is 0.200. The fourth-order valence-electron chi connectivity index (χ4n) is 7.63. The smallest absolute Gasteiger partial charge is 0.177 e. The first-order chi connectivity index (χ1) is 22.8. The number of rotatable bonds is 2. The second-order valence-corrected chi connectivity index (χ2v) is 11.9. The molecular formula is C38H22N6O2. The van der Waals surface area contributed by atoms with E-state index in [1.165, 1.54) is 0 Å². The van der Waals surface area contributed by atoms with Crippen molar-refractivity contribution in [3.05, 3.63) is 128 Å². The minimum Gasteiger partial charge on any atom is -0.481 e. The summed E-state index contributed by atoms with van der Waals surface area (Å²) in [6, 6.07) is 19.0. The normalized spacial score (nSPS) is 17.3. The molecule has 0 spiro atoms. The van der Waals surface area contributed by atoms with Crippen LogP contribution in [0.1, 0.15) is 11.5 Å². The minimum absolute atomic E-state index is 0.0500. The number of fused-ring (bicyclic) bond motifs is 13. The Bertz CT molecular complexity index is 2710. The van der Waals surface area contributed by atoms with E-state index in [4.69, 9.17) is 9.15 Å². The predicted molar refractivity (Wildman–Crippen MR) is 179 cm³/mol. The topological polar surface area (TPSA) is 83.8 Å². The van der Waals surface area contributed by atoms with E-state index in [1.807, 2.05) is 49.6 Å². The lowest BCUT2D eigenvalue weighted by Gasteiger charge is -2.20. The van der Waals surface area contributed by atoms with Gasteiger partial charge in [0.05, 0.1) is 28.3 Å². The van der Waals surface area contributed by atoms with E-state index < -0.39 is 0 Å². The molecule has 0 fully saturated rings. The largest absolute Gasteiger partial charge is 0.481 e. The molecule has 0 saturated carbocycles. The number of hydrogen-bond donors (Lipinski definition) is 0. The Hall–Kier alpha value is -6.28. The first-order valence-electron chi connectivity index (χ1n) is 15.2. The van der Waals surface area contributed by atoms with Gasteiger partial charge in [-0.15, -0.1) is 0 Å². The van der Waals surface area contributed by atoms with Crippen molar-refractivity contribution in [1.82, 2.24) is 29.1 Å². The number of ether oxygens (including phenoxy) is 1. The molecule has 216 valence electrons. The molecule has 8 nitrogen and oxygen atoms in total. The molecule has 8 heteroatoms. The van der Waals surface area contributed by atoms with Crippen LogP contribution in [-0.4, -0.2) is 35.2 Å². The molecule has 0 bridgehead atoms. The van der Waals surface area contributed by atoms with Crippen LogP contribution in [0, 0.1) is 0 Å². The third-order valence-corrected chi connectivity index (χ3v) is 9.64. The van der Waals surface area contributed by atoms with Crippen molar-refractivity contribution in [1.29, 1.82) is 0 Å². The summed E-state index contributed by atoms with van der Waals surface area (Å²) in [7, 11) is 0. The highest BCUT2D eigenvalue weighted by atomic mass is 16.5. The number of pyridine rings is 4. The Morgan fingerprint density at radius 3 is 2.07 bits per heavy atom. The zero-order valence-corrected chi connectivity index (χ0v) is 24.2. The number of furan rings is 1. The van der Waals surface area contributed by atoms with Crippen molar-refractivity contribution in [2.75, 3.05) is 0 Å². The van der Waals surface area contributed by atoms with Crippen LogP contribution in [0.3, 0.4) is 0 Å². The standard InChI is InChI=1S/C38H22N6O2/c1-5-35-26(15-21(1)43-32-9-13-40-18-29(32)30-19-41-14-10-33(30)43)24-3-4-25-27-16-22(2-6-36(27)46-38(25)37(24)45-35)44-31-8-12-39-17-28(31)23-7-11-42-20-34(23)44/h1-20,27,36H. The molecule has 11 rings (SSSR count). The Balaban J connectivity index is 1.07. The number of hydrogen-bond acceptors (Lipinski definition) is 6. The van der Waals surface area contributed by atoms with Gasteiger partial charge >= 0.3 is 0 Å². The van der Waals surface area contributed by atoms with Gasteiger partial charge in [-0.2, -0.15) is 0 Å². The zero-order valence-electron chi connectivity index (χ0n) is 24.2. The molecule has 2 aliphatic rings. The highest BCUT2D eigenvalue weighted by Gasteiger charge is 2.36. The van der Waals surface area contributed by atoms with Gasteiger partial charge in [0.2, 0.25) is 0 Å². The molecule has 8 heterocycles. The predicted octanol–water partition coefficient (Wildman–Crippen LogP) is 8.33. The number of benzene rings is 2. The molecule has 0 radical (unpaired) electrons. The minimum atomic E-state index is -0.110. The van der Waals surface area contributed by atoms with E-state index in [1.54, 1.807) is 0 Å². The van der Waals surface area contributed by atoms with Gasteiger partial charge < -0.3 is 18.3 Å². The maximum Gasteiger partial charge on any atom is 0.177 e. The number of aromatic nitrogens is 6. The Labute approximate surface area is 260 Å². The zero-order chi connectivity index (χ0) is 29.9. The van der Waals surface area contributed by atoms with Gasteiger partial charge in [0, 0.05) is 98.6 Å². The average Bonchev–Trinajstić information content (AvgIpc) is 3.85. The van der Waals surface area contributed by atoms with Crippen LogP contribution >= 0.6 is 0 Å². The first-order valence-corrected chi connectivity index (χ1v) is 15.2. The molecule has 2 atom stereocenters. The van der Waals surface area contributed by atoms with E-state index >= 15 is 0 Å². The van der Waals surface area contributed by atoms with Crippen LogP contribution in [0.25, 0.3) is 76.9 Å². The molecule has 1 aliphatic carbocycles. The maximum absolute atomic E-state index is 6.64. The molecule has 2 unspecified atom stereocenters. The van der Waals surface area contributed by atoms with E-state index in [9.17, 15) is 0 Å². The molecule has 46 heavy (non-hydrogen) atoms. The lowest BCUT2D eigenvalue weighted by atomic mass is 9.90. The van der Waals surface area contributed by atoms with Crippen molar-refractivity contribution in [2.45, 2.75) is 12.0 Å². The van der Waals surface area contributed by atoms with Gasteiger partial charge in [0.15, 0.2) is 11.3 Å². The molecule has 2 aromatic carbocycles. The van der Waals surface area contributed by atoms with Crippen molar-refractivity contribution < 1.29 is 9.15 Å². The molecule has 7 aromatic heterocycles. The second kappa shape index (κ2) is 8.67. The van der Waals surface area contributed by atoms with Crippen LogP contribution in [-0.2, 0) is 0 Å². The monoisotopic (exact) mass is 594 g/mol. The Morgan fingerprint density at radius 2 is 1.28 bits per heavy atom. The summed E-state index contributed by atoms with van der Waals surface area (Å²) in [6.45, 7) is 0. The van der Waals surface area contributed by atoms with Crippen LogP contribution in [0.15, 0.2) is 127 Å². The summed E-state index contributed by atoms with van der Waals surface area (Å²) in [5.74, 6) is 0.864. The van der Waals surface area contributed by atoms with Crippen LogP contribution in [0.5, 0.6) is 5.75 Å². The van der Waals surface area contributed by atoms with E-state index in [2.05, 4.69) is 102 Å². The SMILES string of the molecule is C1=CC2Oc3c(ccc4c3oc3ccc(-n5c6ccncc6c6cnccc65)cc34)C2C=C1n1c2ccncc2c2ccncc21. The van der Waals surface area contributed by atoms with Gasteiger partial charge in [-0.05, 0) is 66.8 Å². The van der Waals surface area contributed by atoms with Crippen molar-refractivity contribution in [3.63, 3.8) is 0 Å². The lowest BCUT2D eigenvalue weighted by molar-refractivity contribution is 0.269. The summed E-state index contributed by atoms with van der Waals surface area (Å²) >= 11 is 0. The first kappa shape index (κ1) is 24.1. The van der Waals surface area contributed by atoms with Gasteiger partial charge in [0.25, 0.3) is 0 Å². The fourth-order valence-corrected chi connectivity index (χ4v) is 7.63. The highest BCUT2D eigenvalue weighted by molar-refractivity contribution is 6.12. The van der Waals surface area contributed by atoms with Gasteiger partial charge in [-0.3, -0.25) is 19.9 Å². The fraction of sp³-hybridized carbons (Fsp3) is 0.0526. The maximum atomic E-state index is 6.64. The van der Waals surface area contributed by atoms with Crippen LogP contribution < -0.4 is 4.74 Å². The van der Waals surface area contributed by atoms with Crippen molar-refractivity contribution in [3.8, 4) is 11.4 Å². The van der Waals surface area contributed by atoms with E-state index in [0.29, 0.717) is 0 Å². The molecular weight excluding hydrogens is 572 g/mol. The number of nitrogens with zero attached hydrogens (tertiary/aromatic N) is 6. The van der Waals surface area contributed by atoms with Gasteiger partial charge in [-0.25, -0.2) is 0 Å². The molecule has 0 saturated heterocycles.